The van der Waals surface area contributed by atoms with Gasteiger partial charge in [-0.05, 0) is 32.0 Å². The summed E-state index contributed by atoms with van der Waals surface area (Å²) in [6, 6.07) is 11.5. The van der Waals surface area contributed by atoms with E-state index in [1.54, 1.807) is 0 Å². The van der Waals surface area contributed by atoms with E-state index in [4.69, 9.17) is 0 Å². The van der Waals surface area contributed by atoms with Crippen LogP contribution in [0.2, 0.25) is 0 Å². The molecule has 0 bridgehead atoms. The van der Waals surface area contributed by atoms with Gasteiger partial charge in [-0.25, -0.2) is 0 Å². The molecule has 0 radical (unpaired) electrons. The Morgan fingerprint density at radius 1 is 1.31 bits per heavy atom. The molecule has 1 fully saturated rings. The van der Waals surface area contributed by atoms with Gasteiger partial charge in [0.2, 0.25) is 0 Å². The highest BCUT2D eigenvalue weighted by atomic mass is 35.5. The van der Waals surface area contributed by atoms with Crippen molar-refractivity contribution in [2.45, 2.75) is 25.4 Å². The number of hydrogen-bond acceptors (Lipinski definition) is 2. The molecule has 1 aromatic rings. The van der Waals surface area contributed by atoms with Crippen LogP contribution in [0.25, 0.3) is 0 Å². The van der Waals surface area contributed by atoms with E-state index in [-0.39, 0.29) is 12.4 Å². The lowest BCUT2D eigenvalue weighted by Crippen LogP contribution is -2.36. The summed E-state index contributed by atoms with van der Waals surface area (Å²) in [6.07, 6.45) is 2.69. The number of nitrogens with zero attached hydrogens (tertiary/aromatic N) is 1. The fourth-order valence-corrected chi connectivity index (χ4v) is 2.39. The minimum atomic E-state index is 0. The number of likely N-dealkylation sites (tertiary alicyclic amines) is 1. The number of hydrogen-bond donors (Lipinski definition) is 1. The first-order chi connectivity index (χ1) is 7.40. The molecule has 3 heteroatoms. The highest BCUT2D eigenvalue weighted by Crippen LogP contribution is 2.19. The van der Waals surface area contributed by atoms with Gasteiger partial charge in [0.25, 0.3) is 0 Å². The number of nitrogens with one attached hydrogen (secondary N) is 1. The fraction of sp³-hybridized carbons (Fsp3) is 0.538. The second kappa shape index (κ2) is 6.89. The molecule has 1 aliphatic rings. The Labute approximate surface area is 104 Å². The summed E-state index contributed by atoms with van der Waals surface area (Å²) in [5, 5.41) is 3.28. The quantitative estimate of drug-likeness (QED) is 0.869. The lowest BCUT2D eigenvalue weighted by molar-refractivity contribution is 0.242. The Morgan fingerprint density at radius 2 is 2.06 bits per heavy atom. The average Bonchev–Trinajstić information content (AvgIpc) is 2.68. The topological polar surface area (TPSA) is 15.3 Å². The van der Waals surface area contributed by atoms with Gasteiger partial charge < -0.3 is 5.32 Å². The molecule has 0 aliphatic carbocycles. The Morgan fingerprint density at radius 3 is 2.75 bits per heavy atom. The van der Waals surface area contributed by atoms with Gasteiger partial charge in [0.15, 0.2) is 0 Å². The standard InChI is InChI=1S/C13H20N2.ClH/c1-14-10-13-8-5-9-15(13)11-12-6-3-2-4-7-12;/h2-4,6-7,13-14H,5,8-11H2,1H3;1H. The van der Waals surface area contributed by atoms with E-state index in [9.17, 15) is 0 Å². The summed E-state index contributed by atoms with van der Waals surface area (Å²) in [5.74, 6) is 0. The zero-order valence-corrected chi connectivity index (χ0v) is 10.7. The third kappa shape index (κ3) is 3.48. The monoisotopic (exact) mass is 240 g/mol. The van der Waals surface area contributed by atoms with Crippen LogP contribution < -0.4 is 5.32 Å². The first-order valence-electron chi connectivity index (χ1n) is 5.82. The van der Waals surface area contributed by atoms with Gasteiger partial charge in [0, 0.05) is 19.1 Å². The first-order valence-corrected chi connectivity index (χ1v) is 5.82. The van der Waals surface area contributed by atoms with Crippen LogP contribution in [0.1, 0.15) is 18.4 Å². The zero-order chi connectivity index (χ0) is 10.5. The minimum absolute atomic E-state index is 0. The summed E-state index contributed by atoms with van der Waals surface area (Å²) in [4.78, 5) is 2.59. The van der Waals surface area contributed by atoms with E-state index in [0.29, 0.717) is 0 Å². The molecule has 1 N–H and O–H groups in total. The molecule has 1 unspecified atom stereocenters. The fourth-order valence-electron chi connectivity index (χ4n) is 2.39. The maximum absolute atomic E-state index is 3.28. The molecular formula is C13H21ClN2. The minimum Gasteiger partial charge on any atom is -0.318 e. The smallest absolute Gasteiger partial charge is 0.0237 e. The van der Waals surface area contributed by atoms with Gasteiger partial charge in [-0.1, -0.05) is 30.3 Å². The van der Waals surface area contributed by atoms with Crippen molar-refractivity contribution in [3.05, 3.63) is 35.9 Å². The number of halogens is 1. The third-order valence-electron chi connectivity index (χ3n) is 3.17. The Kier molecular flexibility index (Phi) is 5.81. The van der Waals surface area contributed by atoms with Crippen LogP contribution in [-0.4, -0.2) is 31.1 Å². The van der Waals surface area contributed by atoms with Crippen molar-refractivity contribution in [3.8, 4) is 0 Å². The van der Waals surface area contributed by atoms with E-state index >= 15 is 0 Å². The molecule has 2 rings (SSSR count). The van der Waals surface area contributed by atoms with Gasteiger partial charge in [-0.3, -0.25) is 4.90 Å². The van der Waals surface area contributed by atoms with Crippen molar-refractivity contribution in [2.75, 3.05) is 20.1 Å². The van der Waals surface area contributed by atoms with E-state index in [0.717, 1.165) is 19.1 Å². The molecule has 0 saturated carbocycles. The lowest BCUT2D eigenvalue weighted by atomic mass is 10.2. The van der Waals surface area contributed by atoms with Crippen molar-refractivity contribution in [1.29, 1.82) is 0 Å². The Hall–Kier alpha value is -0.570. The molecule has 2 nitrogen and oxygen atoms in total. The Balaban J connectivity index is 0.00000128. The molecular weight excluding hydrogens is 220 g/mol. The molecule has 16 heavy (non-hydrogen) atoms. The van der Waals surface area contributed by atoms with Crippen LogP contribution in [-0.2, 0) is 6.54 Å². The van der Waals surface area contributed by atoms with E-state index in [1.165, 1.54) is 24.9 Å². The van der Waals surface area contributed by atoms with Crippen LogP contribution in [0.3, 0.4) is 0 Å². The van der Waals surface area contributed by atoms with Gasteiger partial charge in [-0.15, -0.1) is 12.4 Å². The summed E-state index contributed by atoms with van der Waals surface area (Å²) in [7, 11) is 2.04. The maximum atomic E-state index is 3.28. The first kappa shape index (κ1) is 13.5. The van der Waals surface area contributed by atoms with Crippen LogP contribution >= 0.6 is 12.4 Å². The lowest BCUT2D eigenvalue weighted by Gasteiger charge is -2.24. The number of rotatable bonds is 4. The summed E-state index contributed by atoms with van der Waals surface area (Å²) in [6.45, 7) is 3.47. The predicted molar refractivity (Wildman–Crippen MR) is 71.0 cm³/mol. The third-order valence-corrected chi connectivity index (χ3v) is 3.17. The summed E-state index contributed by atoms with van der Waals surface area (Å²) >= 11 is 0. The zero-order valence-electron chi connectivity index (χ0n) is 9.86. The summed E-state index contributed by atoms with van der Waals surface area (Å²) < 4.78 is 0. The van der Waals surface area contributed by atoms with Crippen molar-refractivity contribution in [2.24, 2.45) is 0 Å². The van der Waals surface area contributed by atoms with E-state index < -0.39 is 0 Å². The van der Waals surface area contributed by atoms with Crippen LogP contribution in [0.15, 0.2) is 30.3 Å². The Bertz CT molecular complexity index is 289. The maximum Gasteiger partial charge on any atom is 0.0237 e. The van der Waals surface area contributed by atoms with E-state index in [1.807, 2.05) is 7.05 Å². The van der Waals surface area contributed by atoms with Crippen LogP contribution in [0, 0.1) is 0 Å². The van der Waals surface area contributed by atoms with Crippen LogP contribution in [0.5, 0.6) is 0 Å². The molecule has 1 heterocycles. The molecule has 0 amide bonds. The van der Waals surface area contributed by atoms with Crippen molar-refractivity contribution in [1.82, 2.24) is 10.2 Å². The highest BCUT2D eigenvalue weighted by molar-refractivity contribution is 5.85. The SMILES string of the molecule is CNCC1CCCN1Cc1ccccc1.Cl. The predicted octanol–water partition coefficient (Wildman–Crippen LogP) is 2.29. The van der Waals surface area contributed by atoms with Gasteiger partial charge >= 0.3 is 0 Å². The van der Waals surface area contributed by atoms with Crippen molar-refractivity contribution in [3.63, 3.8) is 0 Å². The van der Waals surface area contributed by atoms with Gasteiger partial charge in [0.05, 0.1) is 0 Å². The molecule has 1 saturated heterocycles. The summed E-state index contributed by atoms with van der Waals surface area (Å²) in [5.41, 5.74) is 1.43. The number of likely N-dealkylation sites (N-methyl/N-ethyl adjacent to an activating group) is 1. The second-order valence-electron chi connectivity index (χ2n) is 4.31. The molecule has 1 aromatic carbocycles. The van der Waals surface area contributed by atoms with Gasteiger partial charge in [-0.2, -0.15) is 0 Å². The highest BCUT2D eigenvalue weighted by Gasteiger charge is 2.23. The number of benzene rings is 1. The van der Waals surface area contributed by atoms with Gasteiger partial charge in [0.1, 0.15) is 0 Å². The van der Waals surface area contributed by atoms with E-state index in [2.05, 4.69) is 40.5 Å². The molecule has 1 atom stereocenters. The molecule has 1 aliphatic heterocycles. The largest absolute Gasteiger partial charge is 0.318 e. The normalized spacial score (nSPS) is 20.7. The molecule has 0 aromatic heterocycles. The molecule has 0 spiro atoms. The van der Waals surface area contributed by atoms with Crippen molar-refractivity contribution >= 4 is 12.4 Å². The van der Waals surface area contributed by atoms with Crippen LogP contribution in [0.4, 0.5) is 0 Å². The van der Waals surface area contributed by atoms with Crippen molar-refractivity contribution < 1.29 is 0 Å². The average molecular weight is 241 g/mol. The molecule has 90 valence electrons. The second-order valence-corrected chi connectivity index (χ2v) is 4.31.